The molecule has 5 rings (SSSR count). The van der Waals surface area contributed by atoms with Gasteiger partial charge in [-0.1, -0.05) is 17.3 Å². The van der Waals surface area contributed by atoms with Crippen molar-refractivity contribution >= 4 is 50.8 Å². The number of amides is 3. The molecule has 0 bridgehead atoms. The second-order valence-corrected chi connectivity index (χ2v) is 10.8. The largest absolute Gasteiger partial charge is 0.446 e. The lowest BCUT2D eigenvalue weighted by molar-refractivity contribution is -0.137. The minimum Gasteiger partial charge on any atom is -0.378 e. The second-order valence-electron chi connectivity index (χ2n) is 8.68. The third-order valence-corrected chi connectivity index (χ3v) is 8.33. The van der Waals surface area contributed by atoms with Crippen molar-refractivity contribution in [3.63, 3.8) is 0 Å². The van der Waals surface area contributed by atoms with E-state index in [1.54, 1.807) is 18.2 Å². The summed E-state index contributed by atoms with van der Waals surface area (Å²) in [6, 6.07) is 3.15. The SMILES string of the molecule is COCC(=O)N1CC[C@@H](Nc2cccc3c(SC(F)(F)F)c(-c4noc([C@H]5CNC(=O)N5)n4)sc23)[C@@H](F)C1. The zero-order chi connectivity index (χ0) is 27.0. The number of rotatable bonds is 7. The highest BCUT2D eigenvalue weighted by Crippen LogP contribution is 2.50. The van der Waals surface area contributed by atoms with E-state index in [0.29, 0.717) is 28.7 Å². The number of alkyl halides is 4. The number of nitrogens with one attached hydrogen (secondary N) is 3. The summed E-state index contributed by atoms with van der Waals surface area (Å²) in [7, 11) is 1.39. The predicted octanol–water partition coefficient (Wildman–Crippen LogP) is 3.91. The van der Waals surface area contributed by atoms with Crippen molar-refractivity contribution in [1.82, 2.24) is 25.7 Å². The van der Waals surface area contributed by atoms with Gasteiger partial charge in [0.2, 0.25) is 11.7 Å². The van der Waals surface area contributed by atoms with E-state index in [1.807, 2.05) is 0 Å². The Morgan fingerprint density at radius 3 is 2.89 bits per heavy atom. The maximum atomic E-state index is 15.0. The van der Waals surface area contributed by atoms with E-state index in [1.165, 1.54) is 12.0 Å². The number of thioether (sulfide) groups is 1. The van der Waals surface area contributed by atoms with Crippen LogP contribution in [-0.4, -0.2) is 78.1 Å². The van der Waals surface area contributed by atoms with E-state index >= 15 is 4.39 Å². The smallest absolute Gasteiger partial charge is 0.378 e. The number of urea groups is 1. The van der Waals surface area contributed by atoms with Crippen LogP contribution in [0.25, 0.3) is 20.8 Å². The van der Waals surface area contributed by atoms with E-state index in [4.69, 9.17) is 9.26 Å². The molecule has 2 saturated heterocycles. The van der Waals surface area contributed by atoms with Gasteiger partial charge in [-0.05, 0) is 24.2 Å². The van der Waals surface area contributed by atoms with Crippen LogP contribution in [0.1, 0.15) is 18.4 Å². The molecule has 2 aliphatic heterocycles. The van der Waals surface area contributed by atoms with Crippen LogP contribution in [0.2, 0.25) is 0 Å². The number of thiophene rings is 1. The minimum atomic E-state index is -4.59. The summed E-state index contributed by atoms with van der Waals surface area (Å²) in [4.78, 5) is 29.2. The van der Waals surface area contributed by atoms with E-state index in [-0.39, 0.29) is 58.9 Å². The maximum Gasteiger partial charge on any atom is 0.446 e. The number of benzene rings is 1. The number of aromatic nitrogens is 2. The molecule has 3 N–H and O–H groups in total. The fourth-order valence-electron chi connectivity index (χ4n) is 4.36. The number of carbonyl (C=O) groups excluding carboxylic acids is 2. The molecule has 0 spiro atoms. The van der Waals surface area contributed by atoms with Crippen molar-refractivity contribution in [3.8, 4) is 10.7 Å². The molecule has 4 heterocycles. The summed E-state index contributed by atoms with van der Waals surface area (Å²) < 4.78 is 66.2. The van der Waals surface area contributed by atoms with Gasteiger partial charge >= 0.3 is 11.5 Å². The first-order valence-electron chi connectivity index (χ1n) is 11.5. The van der Waals surface area contributed by atoms with Crippen molar-refractivity contribution in [1.29, 1.82) is 0 Å². The van der Waals surface area contributed by atoms with Crippen LogP contribution in [0.4, 0.5) is 28.0 Å². The Morgan fingerprint density at radius 1 is 1.39 bits per heavy atom. The van der Waals surface area contributed by atoms with E-state index in [0.717, 1.165) is 11.3 Å². The Morgan fingerprint density at radius 2 is 2.21 bits per heavy atom. The highest BCUT2D eigenvalue weighted by Gasteiger charge is 2.36. The number of nitrogens with zero attached hydrogens (tertiary/aromatic N) is 3. The number of methoxy groups -OCH3 is 1. The maximum absolute atomic E-state index is 15.0. The molecule has 2 aromatic heterocycles. The average Bonchev–Trinajstić information content (AvgIpc) is 3.59. The molecule has 204 valence electrons. The fraction of sp³-hybridized carbons (Fsp3) is 0.455. The Labute approximate surface area is 221 Å². The Hall–Kier alpha value is -3.11. The highest BCUT2D eigenvalue weighted by atomic mass is 32.2. The van der Waals surface area contributed by atoms with Crippen LogP contribution in [0, 0.1) is 0 Å². The second kappa shape index (κ2) is 10.6. The van der Waals surface area contributed by atoms with Crippen LogP contribution in [0.3, 0.4) is 0 Å². The monoisotopic (exact) mass is 574 g/mol. The molecule has 3 atom stereocenters. The van der Waals surface area contributed by atoms with Crippen LogP contribution in [-0.2, 0) is 9.53 Å². The van der Waals surface area contributed by atoms with E-state index in [2.05, 4.69) is 26.1 Å². The third kappa shape index (κ3) is 5.51. The molecule has 3 amide bonds. The number of hydrogen-bond acceptors (Lipinski definition) is 9. The number of likely N-dealkylation sites (tertiary alicyclic amines) is 1. The highest BCUT2D eigenvalue weighted by molar-refractivity contribution is 8.00. The standard InChI is InChI=1S/C22H22F4N6O4S2/c1-35-9-15(33)32-6-5-12(11(23)8-32)28-13-4-2-3-10-16(13)37-18(17(10)38-22(24,25)26)19-30-20(36-31-19)14-7-27-21(34)29-14/h2-4,11-12,14,28H,5-9H2,1H3,(H2,27,29,34)/t11-,12+,14+/m0/s1. The van der Waals surface area contributed by atoms with E-state index in [9.17, 15) is 22.8 Å². The van der Waals surface area contributed by atoms with Crippen LogP contribution < -0.4 is 16.0 Å². The topological polar surface area (TPSA) is 122 Å². The summed E-state index contributed by atoms with van der Waals surface area (Å²) in [6.45, 7) is 0.271. The number of fused-ring (bicyclic) bond motifs is 1. The van der Waals surface area contributed by atoms with Crippen LogP contribution in [0.15, 0.2) is 27.6 Å². The Bertz CT molecular complexity index is 1350. The van der Waals surface area contributed by atoms with Gasteiger partial charge < -0.3 is 30.1 Å². The zero-order valence-electron chi connectivity index (χ0n) is 19.8. The molecule has 16 heteroatoms. The van der Waals surface area contributed by atoms with Crippen molar-refractivity contribution < 1.29 is 36.4 Å². The molecule has 0 saturated carbocycles. The number of piperidine rings is 1. The summed E-state index contributed by atoms with van der Waals surface area (Å²) in [5.41, 5.74) is -4.13. The average molecular weight is 575 g/mol. The summed E-state index contributed by atoms with van der Waals surface area (Å²) >= 11 is 0.740. The molecule has 0 radical (unpaired) electrons. The molecular formula is C22H22F4N6O4S2. The molecular weight excluding hydrogens is 552 g/mol. The van der Waals surface area contributed by atoms with Crippen LogP contribution >= 0.6 is 23.1 Å². The summed E-state index contributed by atoms with van der Waals surface area (Å²) in [5, 5.41) is 12.5. The lowest BCUT2D eigenvalue weighted by Crippen LogP contribution is -2.50. The van der Waals surface area contributed by atoms with Gasteiger partial charge in [0.15, 0.2) is 0 Å². The van der Waals surface area contributed by atoms with Gasteiger partial charge in [0.1, 0.15) is 18.8 Å². The first kappa shape index (κ1) is 26.5. The molecule has 1 aromatic carbocycles. The van der Waals surface area contributed by atoms with Gasteiger partial charge in [-0.3, -0.25) is 4.79 Å². The molecule has 0 aliphatic carbocycles. The summed E-state index contributed by atoms with van der Waals surface area (Å²) in [6.07, 6.45) is -1.08. The number of anilines is 1. The zero-order valence-corrected chi connectivity index (χ0v) is 21.4. The minimum absolute atomic E-state index is 0.0478. The van der Waals surface area contributed by atoms with Crippen molar-refractivity contribution in [2.45, 2.75) is 35.1 Å². The number of hydrogen-bond donors (Lipinski definition) is 3. The number of ether oxygens (including phenoxy) is 1. The first-order valence-corrected chi connectivity index (χ1v) is 13.1. The lowest BCUT2D eigenvalue weighted by atomic mass is 10.0. The summed E-state index contributed by atoms with van der Waals surface area (Å²) in [5.74, 6) is -0.291. The quantitative estimate of drug-likeness (QED) is 0.287. The fourth-order valence-corrected chi connectivity index (χ4v) is 6.46. The molecule has 2 fully saturated rings. The lowest BCUT2D eigenvalue weighted by Gasteiger charge is -2.35. The molecule has 38 heavy (non-hydrogen) atoms. The van der Waals surface area contributed by atoms with Crippen molar-refractivity contribution in [2.24, 2.45) is 0 Å². The van der Waals surface area contributed by atoms with Gasteiger partial charge in [0.25, 0.3) is 5.89 Å². The van der Waals surface area contributed by atoms with Gasteiger partial charge in [0, 0.05) is 30.5 Å². The molecule has 0 unspecified atom stereocenters. The van der Waals surface area contributed by atoms with E-state index < -0.39 is 29.8 Å². The molecule has 10 nitrogen and oxygen atoms in total. The van der Waals surface area contributed by atoms with Gasteiger partial charge in [-0.25, -0.2) is 9.18 Å². The number of halogens is 4. The van der Waals surface area contributed by atoms with Gasteiger partial charge in [-0.15, -0.1) is 11.3 Å². The van der Waals surface area contributed by atoms with Crippen molar-refractivity contribution in [3.05, 3.63) is 24.1 Å². The number of carbonyl (C=O) groups is 2. The normalized spacial score (nSPS) is 22.0. The molecule has 2 aliphatic rings. The van der Waals surface area contributed by atoms with Gasteiger partial charge in [-0.2, -0.15) is 18.2 Å². The van der Waals surface area contributed by atoms with Gasteiger partial charge in [0.05, 0.1) is 27.9 Å². The molecule has 3 aromatic rings. The third-order valence-electron chi connectivity index (χ3n) is 6.11. The Kier molecular flexibility index (Phi) is 7.37. The van der Waals surface area contributed by atoms with Crippen LogP contribution in [0.5, 0.6) is 0 Å². The Balaban J connectivity index is 1.45. The van der Waals surface area contributed by atoms with Crippen molar-refractivity contribution in [2.75, 3.05) is 38.7 Å². The predicted molar refractivity (Wildman–Crippen MR) is 132 cm³/mol. The first-order chi connectivity index (χ1) is 18.1.